The summed E-state index contributed by atoms with van der Waals surface area (Å²) in [7, 11) is 0. The molecule has 0 atom stereocenters. The largest absolute Gasteiger partial charge is 0.454 e. The zero-order valence-electron chi connectivity index (χ0n) is 17.5. The number of carbonyl (C=O) groups is 2. The van der Waals surface area contributed by atoms with Gasteiger partial charge in [0.25, 0.3) is 11.8 Å². The molecule has 0 radical (unpaired) electrons. The predicted molar refractivity (Wildman–Crippen MR) is 122 cm³/mol. The van der Waals surface area contributed by atoms with Crippen molar-refractivity contribution in [2.24, 2.45) is 0 Å². The van der Waals surface area contributed by atoms with Crippen molar-refractivity contribution in [3.05, 3.63) is 102 Å². The zero-order valence-corrected chi connectivity index (χ0v) is 17.5. The highest BCUT2D eigenvalue weighted by Crippen LogP contribution is 2.32. The van der Waals surface area contributed by atoms with E-state index in [1.807, 2.05) is 48.5 Å². The van der Waals surface area contributed by atoms with Crippen LogP contribution >= 0.6 is 0 Å². The number of amides is 2. The summed E-state index contributed by atoms with van der Waals surface area (Å²) >= 11 is 0. The van der Waals surface area contributed by atoms with E-state index < -0.39 is 0 Å². The topological polar surface area (TPSA) is 94.5 Å². The molecule has 0 saturated heterocycles. The SMILES string of the molecule is O=C(NCc1ccc2c(c1)OCO2)c1ccccc1NC(=O)c1cncn1-c1ccccc1. The van der Waals surface area contributed by atoms with Gasteiger partial charge in [-0.1, -0.05) is 36.4 Å². The third-order valence-electron chi connectivity index (χ3n) is 5.22. The van der Waals surface area contributed by atoms with E-state index in [-0.39, 0.29) is 18.6 Å². The molecular formula is C25H20N4O4. The number of ether oxygens (including phenoxy) is 2. The summed E-state index contributed by atoms with van der Waals surface area (Å²) < 4.78 is 12.4. The molecule has 2 N–H and O–H groups in total. The minimum absolute atomic E-state index is 0.196. The maximum Gasteiger partial charge on any atom is 0.274 e. The van der Waals surface area contributed by atoms with Gasteiger partial charge in [0.05, 0.1) is 23.8 Å². The van der Waals surface area contributed by atoms with Gasteiger partial charge in [-0.25, -0.2) is 4.98 Å². The molecule has 5 rings (SSSR count). The van der Waals surface area contributed by atoms with Crippen LogP contribution in [0.25, 0.3) is 5.69 Å². The van der Waals surface area contributed by atoms with Crippen molar-refractivity contribution in [2.75, 3.05) is 12.1 Å². The van der Waals surface area contributed by atoms with E-state index in [1.54, 1.807) is 35.2 Å². The van der Waals surface area contributed by atoms with Crippen molar-refractivity contribution < 1.29 is 19.1 Å². The van der Waals surface area contributed by atoms with E-state index in [2.05, 4.69) is 15.6 Å². The first-order valence-corrected chi connectivity index (χ1v) is 10.3. The lowest BCUT2D eigenvalue weighted by Gasteiger charge is -2.13. The predicted octanol–water partition coefficient (Wildman–Crippen LogP) is 3.78. The number of imidazole rings is 1. The minimum Gasteiger partial charge on any atom is -0.454 e. The van der Waals surface area contributed by atoms with Crippen LogP contribution in [0, 0.1) is 0 Å². The van der Waals surface area contributed by atoms with Crippen LogP contribution in [0.5, 0.6) is 11.5 Å². The molecule has 8 heteroatoms. The van der Waals surface area contributed by atoms with E-state index in [0.29, 0.717) is 35.0 Å². The Morgan fingerprint density at radius 2 is 1.70 bits per heavy atom. The van der Waals surface area contributed by atoms with Crippen LogP contribution in [0.4, 0.5) is 5.69 Å². The summed E-state index contributed by atoms with van der Waals surface area (Å²) in [5.41, 5.74) is 2.82. The van der Waals surface area contributed by atoms with E-state index in [9.17, 15) is 9.59 Å². The first-order valence-electron chi connectivity index (χ1n) is 10.3. The van der Waals surface area contributed by atoms with Gasteiger partial charge >= 0.3 is 0 Å². The Balaban J connectivity index is 1.31. The van der Waals surface area contributed by atoms with Crippen LogP contribution in [-0.2, 0) is 6.54 Å². The summed E-state index contributed by atoms with van der Waals surface area (Å²) in [6.45, 7) is 0.500. The molecule has 0 unspecified atom stereocenters. The number of hydrogen-bond donors (Lipinski definition) is 2. The lowest BCUT2D eigenvalue weighted by molar-refractivity contribution is 0.0951. The maximum atomic E-state index is 13.0. The van der Waals surface area contributed by atoms with Crippen molar-refractivity contribution in [3.63, 3.8) is 0 Å². The van der Waals surface area contributed by atoms with Gasteiger partial charge < -0.3 is 20.1 Å². The zero-order chi connectivity index (χ0) is 22.6. The molecule has 2 heterocycles. The van der Waals surface area contributed by atoms with Gasteiger partial charge in [-0.05, 0) is 42.0 Å². The van der Waals surface area contributed by atoms with Gasteiger partial charge in [0, 0.05) is 12.2 Å². The van der Waals surface area contributed by atoms with Crippen LogP contribution in [0.2, 0.25) is 0 Å². The third-order valence-corrected chi connectivity index (χ3v) is 5.22. The molecule has 1 aliphatic rings. The summed E-state index contributed by atoms with van der Waals surface area (Å²) in [4.78, 5) is 30.0. The molecule has 0 fully saturated rings. The highest BCUT2D eigenvalue weighted by Gasteiger charge is 2.18. The van der Waals surface area contributed by atoms with E-state index in [4.69, 9.17) is 9.47 Å². The van der Waals surface area contributed by atoms with Crippen LogP contribution in [-0.4, -0.2) is 28.2 Å². The molecule has 0 saturated carbocycles. The van der Waals surface area contributed by atoms with Crippen molar-refractivity contribution in [2.45, 2.75) is 6.54 Å². The molecule has 1 aromatic heterocycles. The molecule has 33 heavy (non-hydrogen) atoms. The van der Waals surface area contributed by atoms with Gasteiger partial charge in [-0.15, -0.1) is 0 Å². The second-order valence-corrected chi connectivity index (χ2v) is 7.35. The number of fused-ring (bicyclic) bond motifs is 1. The van der Waals surface area contributed by atoms with Crippen LogP contribution in [0.3, 0.4) is 0 Å². The molecule has 4 aromatic rings. The lowest BCUT2D eigenvalue weighted by Crippen LogP contribution is -2.25. The van der Waals surface area contributed by atoms with E-state index >= 15 is 0 Å². The molecule has 0 spiro atoms. The number of nitrogens with zero attached hydrogens (tertiary/aromatic N) is 2. The van der Waals surface area contributed by atoms with Crippen LogP contribution in [0.15, 0.2) is 85.3 Å². The summed E-state index contributed by atoms with van der Waals surface area (Å²) in [5.74, 6) is 0.671. The van der Waals surface area contributed by atoms with Gasteiger partial charge in [0.15, 0.2) is 11.5 Å². The Morgan fingerprint density at radius 1 is 0.909 bits per heavy atom. The number of rotatable bonds is 6. The van der Waals surface area contributed by atoms with Crippen molar-refractivity contribution in [1.29, 1.82) is 0 Å². The fraction of sp³-hybridized carbons (Fsp3) is 0.0800. The monoisotopic (exact) mass is 440 g/mol. The van der Waals surface area contributed by atoms with Crippen molar-refractivity contribution in [3.8, 4) is 17.2 Å². The Labute approximate surface area is 189 Å². The first kappa shape index (κ1) is 20.3. The first-order chi connectivity index (χ1) is 16.2. The molecule has 0 bridgehead atoms. The van der Waals surface area contributed by atoms with Gasteiger partial charge in [-0.3, -0.25) is 14.2 Å². The Bertz CT molecular complexity index is 1320. The van der Waals surface area contributed by atoms with Crippen LogP contribution in [0.1, 0.15) is 26.4 Å². The fourth-order valence-corrected chi connectivity index (χ4v) is 3.56. The van der Waals surface area contributed by atoms with Crippen molar-refractivity contribution >= 4 is 17.5 Å². The molecule has 3 aromatic carbocycles. The van der Waals surface area contributed by atoms with Crippen molar-refractivity contribution in [1.82, 2.24) is 14.9 Å². The summed E-state index contributed by atoms with van der Waals surface area (Å²) in [5, 5.41) is 5.73. The Kier molecular flexibility index (Phi) is 5.47. The van der Waals surface area contributed by atoms with Gasteiger partial charge in [0.2, 0.25) is 6.79 Å². The third kappa shape index (κ3) is 4.27. The Hall–Kier alpha value is -4.59. The normalized spacial score (nSPS) is 11.8. The molecule has 0 aliphatic carbocycles. The summed E-state index contributed by atoms with van der Waals surface area (Å²) in [6.07, 6.45) is 3.07. The molecular weight excluding hydrogens is 420 g/mol. The Morgan fingerprint density at radius 3 is 2.58 bits per heavy atom. The second kappa shape index (κ2) is 8.88. The number of carbonyl (C=O) groups excluding carboxylic acids is 2. The lowest BCUT2D eigenvalue weighted by atomic mass is 10.1. The number of aromatic nitrogens is 2. The average Bonchev–Trinajstić information content (AvgIpc) is 3.53. The number of hydrogen-bond acceptors (Lipinski definition) is 5. The number of anilines is 1. The number of nitrogens with one attached hydrogen (secondary N) is 2. The molecule has 1 aliphatic heterocycles. The highest BCUT2D eigenvalue weighted by molar-refractivity contribution is 6.08. The summed E-state index contributed by atoms with van der Waals surface area (Å²) in [6, 6.07) is 21.8. The number of benzene rings is 3. The highest BCUT2D eigenvalue weighted by atomic mass is 16.7. The van der Waals surface area contributed by atoms with Crippen LogP contribution < -0.4 is 20.1 Å². The van der Waals surface area contributed by atoms with Gasteiger partial charge in [-0.2, -0.15) is 0 Å². The quantitative estimate of drug-likeness (QED) is 0.476. The second-order valence-electron chi connectivity index (χ2n) is 7.35. The molecule has 8 nitrogen and oxygen atoms in total. The molecule has 164 valence electrons. The molecule has 2 amide bonds. The smallest absolute Gasteiger partial charge is 0.274 e. The standard InChI is InChI=1S/C25H20N4O4/c30-24(27-13-17-10-11-22-23(12-17)33-16-32-22)19-8-4-5-9-20(19)28-25(31)21-14-26-15-29(21)18-6-2-1-3-7-18/h1-12,14-15H,13,16H2,(H,27,30)(H,28,31). The average molecular weight is 440 g/mol. The van der Waals surface area contributed by atoms with Gasteiger partial charge in [0.1, 0.15) is 5.69 Å². The maximum absolute atomic E-state index is 13.0. The minimum atomic E-state index is -0.368. The fourth-order valence-electron chi connectivity index (χ4n) is 3.56. The number of para-hydroxylation sites is 2. The van der Waals surface area contributed by atoms with E-state index in [1.165, 1.54) is 6.20 Å². The van der Waals surface area contributed by atoms with E-state index in [0.717, 1.165) is 11.3 Å².